The quantitative estimate of drug-likeness (QED) is 0.820. The molecule has 0 spiro atoms. The van der Waals surface area contributed by atoms with Gasteiger partial charge in [-0.05, 0) is 18.9 Å². The van der Waals surface area contributed by atoms with Gasteiger partial charge in [-0.25, -0.2) is 17.9 Å². The van der Waals surface area contributed by atoms with Crippen LogP contribution in [0.1, 0.15) is 41.4 Å². The monoisotopic (exact) mass is 351 g/mol. The third kappa shape index (κ3) is 2.89. The first kappa shape index (κ1) is 16.8. The van der Waals surface area contributed by atoms with E-state index in [4.69, 9.17) is 0 Å². The molecule has 8 nitrogen and oxygen atoms in total. The van der Waals surface area contributed by atoms with E-state index < -0.39 is 10.0 Å². The molecule has 1 atom stereocenters. The molecule has 24 heavy (non-hydrogen) atoms. The Kier molecular flexibility index (Phi) is 4.31. The second kappa shape index (κ2) is 6.14. The lowest BCUT2D eigenvalue weighted by molar-refractivity contribution is 0.0829. The van der Waals surface area contributed by atoms with Crippen molar-refractivity contribution >= 4 is 21.6 Å². The predicted molar refractivity (Wildman–Crippen MR) is 89.1 cm³/mol. The number of amides is 1. The van der Waals surface area contributed by atoms with Crippen LogP contribution in [-0.4, -0.2) is 65.0 Å². The average molecular weight is 351 g/mol. The molecule has 1 aliphatic heterocycles. The zero-order valence-electron chi connectivity index (χ0n) is 14.0. The number of hydrogen-bond donors (Lipinski definition) is 0. The van der Waals surface area contributed by atoms with Gasteiger partial charge in [0.1, 0.15) is 5.56 Å². The number of rotatable bonds is 3. The van der Waals surface area contributed by atoms with E-state index in [0.717, 1.165) is 25.0 Å². The normalized spacial score (nSPS) is 19.5. The Labute approximate surface area is 141 Å². The topological polar surface area (TPSA) is 87.9 Å². The molecular formula is C15H21N5O3S. The van der Waals surface area contributed by atoms with Gasteiger partial charge >= 0.3 is 0 Å². The van der Waals surface area contributed by atoms with Crippen molar-refractivity contribution in [2.45, 2.75) is 25.3 Å². The lowest BCUT2D eigenvalue weighted by Crippen LogP contribution is -2.38. The van der Waals surface area contributed by atoms with Crippen molar-refractivity contribution in [1.82, 2.24) is 23.8 Å². The van der Waals surface area contributed by atoms with Crippen LogP contribution in [0.5, 0.6) is 0 Å². The van der Waals surface area contributed by atoms with Crippen molar-refractivity contribution in [2.75, 3.05) is 26.9 Å². The van der Waals surface area contributed by atoms with E-state index in [1.165, 1.54) is 21.7 Å². The van der Waals surface area contributed by atoms with Gasteiger partial charge in [0.05, 0.1) is 24.2 Å². The van der Waals surface area contributed by atoms with E-state index in [2.05, 4.69) is 10.1 Å². The van der Waals surface area contributed by atoms with Crippen LogP contribution in [-0.2, 0) is 10.0 Å². The Balaban J connectivity index is 2.11. The molecule has 0 bridgehead atoms. The van der Waals surface area contributed by atoms with Crippen molar-refractivity contribution in [3.63, 3.8) is 0 Å². The highest BCUT2D eigenvalue weighted by atomic mass is 32.2. The fourth-order valence-corrected chi connectivity index (χ4v) is 4.29. The minimum atomic E-state index is -3.32. The smallest absolute Gasteiger partial charge is 0.258 e. The summed E-state index contributed by atoms with van der Waals surface area (Å²) < 4.78 is 27.4. The summed E-state index contributed by atoms with van der Waals surface area (Å²) in [5.41, 5.74) is 1.59. The SMILES string of the molecule is CN(C)C(=O)c1cnn2c([C@@H]3CCCCN3S(C)(=O)=O)ccnc12. The summed E-state index contributed by atoms with van der Waals surface area (Å²) in [6.07, 6.45) is 6.85. The minimum absolute atomic E-state index is 0.182. The second-order valence-electron chi connectivity index (χ2n) is 6.25. The third-order valence-electron chi connectivity index (χ3n) is 4.29. The highest BCUT2D eigenvalue weighted by Crippen LogP contribution is 2.32. The maximum absolute atomic E-state index is 12.3. The van der Waals surface area contributed by atoms with Crippen LogP contribution >= 0.6 is 0 Å². The molecule has 1 saturated heterocycles. The molecule has 0 saturated carbocycles. The number of piperidine rings is 1. The van der Waals surface area contributed by atoms with E-state index in [0.29, 0.717) is 17.8 Å². The Morgan fingerprint density at radius 1 is 1.33 bits per heavy atom. The van der Waals surface area contributed by atoms with E-state index in [-0.39, 0.29) is 11.9 Å². The van der Waals surface area contributed by atoms with E-state index in [1.807, 2.05) is 0 Å². The summed E-state index contributed by atoms with van der Waals surface area (Å²) in [6, 6.07) is 1.49. The van der Waals surface area contributed by atoms with Crippen LogP contribution in [0.15, 0.2) is 18.5 Å². The van der Waals surface area contributed by atoms with Gasteiger partial charge < -0.3 is 4.90 Å². The summed E-state index contributed by atoms with van der Waals surface area (Å²) in [6.45, 7) is 0.498. The number of carbonyl (C=O) groups is 1. The molecule has 0 aliphatic carbocycles. The van der Waals surface area contributed by atoms with Gasteiger partial charge in [0.15, 0.2) is 5.65 Å². The molecule has 2 aromatic heterocycles. The highest BCUT2D eigenvalue weighted by molar-refractivity contribution is 7.88. The molecule has 0 N–H and O–H groups in total. The van der Waals surface area contributed by atoms with Gasteiger partial charge in [0.2, 0.25) is 10.0 Å². The lowest BCUT2D eigenvalue weighted by atomic mass is 10.0. The van der Waals surface area contributed by atoms with Crippen LogP contribution in [0.4, 0.5) is 0 Å². The molecule has 0 unspecified atom stereocenters. The number of fused-ring (bicyclic) bond motifs is 1. The summed E-state index contributed by atoms with van der Waals surface area (Å²) in [5, 5.41) is 4.30. The standard InChI is InChI=1S/C15H21N5O3S/c1-18(2)15(21)11-10-17-20-13(7-8-16-14(11)20)12-6-4-5-9-19(12)24(3,22)23/h7-8,10,12H,4-6,9H2,1-3H3/t12-/m0/s1. The number of sulfonamides is 1. The van der Waals surface area contributed by atoms with E-state index in [9.17, 15) is 13.2 Å². The van der Waals surface area contributed by atoms with Crippen LogP contribution < -0.4 is 0 Å². The molecule has 9 heteroatoms. The molecule has 1 amide bonds. The summed E-state index contributed by atoms with van der Waals surface area (Å²) in [4.78, 5) is 18.0. The summed E-state index contributed by atoms with van der Waals surface area (Å²) in [7, 11) is 0.0196. The van der Waals surface area contributed by atoms with Crippen molar-refractivity contribution in [3.8, 4) is 0 Å². The molecule has 0 radical (unpaired) electrons. The Bertz CT molecular complexity index is 874. The largest absolute Gasteiger partial charge is 0.345 e. The van der Waals surface area contributed by atoms with Crippen molar-refractivity contribution in [3.05, 3.63) is 29.7 Å². The molecular weight excluding hydrogens is 330 g/mol. The number of aromatic nitrogens is 3. The fraction of sp³-hybridized carbons (Fsp3) is 0.533. The van der Waals surface area contributed by atoms with Crippen molar-refractivity contribution in [2.24, 2.45) is 0 Å². The van der Waals surface area contributed by atoms with Gasteiger partial charge in [0.25, 0.3) is 5.91 Å². The maximum Gasteiger partial charge on any atom is 0.258 e. The summed E-state index contributed by atoms with van der Waals surface area (Å²) in [5.74, 6) is -0.182. The zero-order valence-corrected chi connectivity index (χ0v) is 14.8. The van der Waals surface area contributed by atoms with Gasteiger partial charge in [-0.1, -0.05) is 6.42 Å². The molecule has 2 aromatic rings. The van der Waals surface area contributed by atoms with Crippen LogP contribution in [0.2, 0.25) is 0 Å². The first-order valence-electron chi connectivity index (χ1n) is 7.82. The Morgan fingerprint density at radius 3 is 2.75 bits per heavy atom. The molecule has 1 fully saturated rings. The Hall–Kier alpha value is -2.00. The first-order valence-corrected chi connectivity index (χ1v) is 9.66. The van der Waals surface area contributed by atoms with Crippen molar-refractivity contribution < 1.29 is 13.2 Å². The van der Waals surface area contributed by atoms with Gasteiger partial charge in [-0.2, -0.15) is 9.40 Å². The number of carbonyl (C=O) groups excluding carboxylic acids is 1. The number of hydrogen-bond acceptors (Lipinski definition) is 5. The lowest BCUT2D eigenvalue weighted by Gasteiger charge is -2.33. The molecule has 130 valence electrons. The van der Waals surface area contributed by atoms with Gasteiger partial charge in [-0.3, -0.25) is 4.79 Å². The zero-order chi connectivity index (χ0) is 17.5. The van der Waals surface area contributed by atoms with E-state index in [1.54, 1.807) is 30.9 Å². The van der Waals surface area contributed by atoms with Gasteiger partial charge in [-0.15, -0.1) is 0 Å². The second-order valence-corrected chi connectivity index (χ2v) is 8.18. The molecule has 3 rings (SSSR count). The predicted octanol–water partition coefficient (Wildman–Crippen LogP) is 0.918. The van der Waals surface area contributed by atoms with Gasteiger partial charge in [0, 0.05) is 26.8 Å². The van der Waals surface area contributed by atoms with Crippen LogP contribution in [0, 0.1) is 0 Å². The third-order valence-corrected chi connectivity index (χ3v) is 5.58. The van der Waals surface area contributed by atoms with Crippen LogP contribution in [0.25, 0.3) is 5.65 Å². The fourth-order valence-electron chi connectivity index (χ4n) is 3.15. The Morgan fingerprint density at radius 2 is 2.08 bits per heavy atom. The average Bonchev–Trinajstić information content (AvgIpc) is 2.97. The van der Waals surface area contributed by atoms with E-state index >= 15 is 0 Å². The molecule has 3 heterocycles. The first-order chi connectivity index (χ1) is 11.3. The minimum Gasteiger partial charge on any atom is -0.345 e. The molecule has 1 aliphatic rings. The number of nitrogens with zero attached hydrogens (tertiary/aromatic N) is 5. The van der Waals surface area contributed by atoms with Crippen molar-refractivity contribution in [1.29, 1.82) is 0 Å². The maximum atomic E-state index is 12.3. The highest BCUT2D eigenvalue weighted by Gasteiger charge is 2.32. The summed E-state index contributed by atoms with van der Waals surface area (Å²) >= 11 is 0. The molecule has 0 aromatic carbocycles. The van der Waals surface area contributed by atoms with Crippen LogP contribution in [0.3, 0.4) is 0 Å².